The number of imidazole rings is 1. The van der Waals surface area contributed by atoms with Gasteiger partial charge in [0.05, 0.1) is 5.69 Å². The molecule has 0 radical (unpaired) electrons. The highest BCUT2D eigenvalue weighted by Crippen LogP contribution is 2.12. The first-order valence-corrected chi connectivity index (χ1v) is 6.25. The second-order valence-electron chi connectivity index (χ2n) is 4.25. The molecule has 0 saturated carbocycles. The van der Waals surface area contributed by atoms with Crippen LogP contribution in [0.1, 0.15) is 19.2 Å². The maximum absolute atomic E-state index is 13.4. The molecular weight excluding hydrogens is 245 g/mol. The summed E-state index contributed by atoms with van der Waals surface area (Å²) in [4.78, 5) is 16.1. The van der Waals surface area contributed by atoms with E-state index in [-0.39, 0.29) is 18.1 Å². The van der Waals surface area contributed by atoms with Crippen LogP contribution in [0, 0.1) is 5.82 Å². The largest absolute Gasteiger partial charge is 0.326 e. The number of carbonyl (C=O) groups excluding carboxylic acids is 1. The molecule has 5 heteroatoms. The van der Waals surface area contributed by atoms with E-state index in [0.717, 1.165) is 18.7 Å². The third-order valence-electron chi connectivity index (χ3n) is 2.74. The quantitative estimate of drug-likeness (QED) is 0.899. The molecule has 0 bridgehead atoms. The number of halogens is 1. The first-order chi connectivity index (χ1) is 9.20. The minimum absolute atomic E-state index is 0.143. The van der Waals surface area contributed by atoms with Crippen LogP contribution in [-0.4, -0.2) is 15.5 Å². The molecule has 0 unspecified atom stereocenters. The third-order valence-corrected chi connectivity index (χ3v) is 2.74. The highest BCUT2D eigenvalue weighted by molar-refractivity contribution is 5.90. The summed E-state index contributed by atoms with van der Waals surface area (Å²) in [6, 6.07) is 6.11. The van der Waals surface area contributed by atoms with Gasteiger partial charge in [0.1, 0.15) is 18.2 Å². The fourth-order valence-electron chi connectivity index (χ4n) is 1.84. The second-order valence-corrected chi connectivity index (χ2v) is 4.25. The number of amides is 1. The van der Waals surface area contributed by atoms with Crippen molar-refractivity contribution < 1.29 is 9.18 Å². The van der Waals surface area contributed by atoms with Gasteiger partial charge in [0.2, 0.25) is 5.91 Å². The lowest BCUT2D eigenvalue weighted by atomic mass is 10.3. The summed E-state index contributed by atoms with van der Waals surface area (Å²) in [5.74, 6) is 0.168. The molecule has 2 aromatic rings. The van der Waals surface area contributed by atoms with Gasteiger partial charge in [-0.2, -0.15) is 0 Å². The molecule has 0 aliphatic rings. The SMILES string of the molecule is CCCc1nccn1CC(=O)Nc1ccccc1F. The predicted octanol–water partition coefficient (Wildman–Crippen LogP) is 2.61. The predicted molar refractivity (Wildman–Crippen MR) is 71.3 cm³/mol. The summed E-state index contributed by atoms with van der Waals surface area (Å²) in [5, 5.41) is 2.56. The number of rotatable bonds is 5. The number of nitrogens with one attached hydrogen (secondary N) is 1. The molecule has 0 fully saturated rings. The average molecular weight is 261 g/mol. The van der Waals surface area contributed by atoms with Crippen molar-refractivity contribution >= 4 is 11.6 Å². The number of anilines is 1. The van der Waals surface area contributed by atoms with Gasteiger partial charge in [0.25, 0.3) is 0 Å². The maximum atomic E-state index is 13.4. The van der Waals surface area contributed by atoms with E-state index in [1.807, 2.05) is 0 Å². The molecule has 4 nitrogen and oxygen atoms in total. The Balaban J connectivity index is 2.02. The zero-order chi connectivity index (χ0) is 13.7. The minimum atomic E-state index is -0.435. The number of para-hydroxylation sites is 1. The molecule has 0 saturated heterocycles. The van der Waals surface area contributed by atoms with Crippen LogP contribution in [0.3, 0.4) is 0 Å². The summed E-state index contributed by atoms with van der Waals surface area (Å²) in [7, 11) is 0. The molecule has 1 heterocycles. The van der Waals surface area contributed by atoms with Gasteiger partial charge in [-0.15, -0.1) is 0 Å². The van der Waals surface area contributed by atoms with E-state index in [2.05, 4.69) is 17.2 Å². The third kappa shape index (κ3) is 3.40. The molecule has 1 aromatic heterocycles. The van der Waals surface area contributed by atoms with Gasteiger partial charge in [-0.05, 0) is 18.6 Å². The summed E-state index contributed by atoms with van der Waals surface area (Å²) in [6.45, 7) is 2.20. The van der Waals surface area contributed by atoms with E-state index in [0.29, 0.717) is 0 Å². The Bertz CT molecular complexity index is 565. The molecule has 0 atom stereocenters. The highest BCUT2D eigenvalue weighted by Gasteiger charge is 2.09. The maximum Gasteiger partial charge on any atom is 0.244 e. The molecule has 1 aromatic carbocycles. The fraction of sp³-hybridized carbons (Fsp3) is 0.286. The van der Waals surface area contributed by atoms with E-state index in [1.165, 1.54) is 12.1 Å². The zero-order valence-corrected chi connectivity index (χ0v) is 10.8. The van der Waals surface area contributed by atoms with Crippen molar-refractivity contribution in [3.63, 3.8) is 0 Å². The van der Waals surface area contributed by atoms with Crippen LogP contribution in [-0.2, 0) is 17.8 Å². The number of aryl methyl sites for hydroxylation is 1. The number of benzene rings is 1. The average Bonchev–Trinajstić information content (AvgIpc) is 2.80. The monoisotopic (exact) mass is 261 g/mol. The molecule has 0 aliphatic heterocycles. The number of aromatic nitrogens is 2. The minimum Gasteiger partial charge on any atom is -0.326 e. The zero-order valence-electron chi connectivity index (χ0n) is 10.8. The summed E-state index contributed by atoms with van der Waals surface area (Å²) >= 11 is 0. The number of hydrogen-bond acceptors (Lipinski definition) is 2. The topological polar surface area (TPSA) is 46.9 Å². The Morgan fingerprint density at radius 2 is 2.21 bits per heavy atom. The van der Waals surface area contributed by atoms with Crippen molar-refractivity contribution in [1.82, 2.24) is 9.55 Å². The van der Waals surface area contributed by atoms with Gasteiger partial charge in [-0.3, -0.25) is 4.79 Å². The van der Waals surface area contributed by atoms with Crippen LogP contribution < -0.4 is 5.32 Å². The van der Waals surface area contributed by atoms with E-state index in [1.54, 1.807) is 29.1 Å². The van der Waals surface area contributed by atoms with E-state index < -0.39 is 5.82 Å². The van der Waals surface area contributed by atoms with E-state index >= 15 is 0 Å². The van der Waals surface area contributed by atoms with Crippen molar-refractivity contribution in [2.24, 2.45) is 0 Å². The Labute approximate surface area is 111 Å². The van der Waals surface area contributed by atoms with Crippen molar-refractivity contribution in [2.75, 3.05) is 5.32 Å². The smallest absolute Gasteiger partial charge is 0.244 e. The molecule has 2 rings (SSSR count). The lowest BCUT2D eigenvalue weighted by Gasteiger charge is -2.09. The number of nitrogens with zero attached hydrogens (tertiary/aromatic N) is 2. The van der Waals surface area contributed by atoms with Crippen LogP contribution in [0.15, 0.2) is 36.7 Å². The van der Waals surface area contributed by atoms with Crippen molar-refractivity contribution in [3.8, 4) is 0 Å². The molecular formula is C14H16FN3O. The van der Waals surface area contributed by atoms with Crippen LogP contribution in [0.5, 0.6) is 0 Å². The Morgan fingerprint density at radius 3 is 2.95 bits per heavy atom. The Kier molecular flexibility index (Phi) is 4.28. The van der Waals surface area contributed by atoms with Crippen LogP contribution in [0.25, 0.3) is 0 Å². The van der Waals surface area contributed by atoms with Gasteiger partial charge < -0.3 is 9.88 Å². The fourth-order valence-corrected chi connectivity index (χ4v) is 1.84. The molecule has 1 amide bonds. The van der Waals surface area contributed by atoms with Gasteiger partial charge >= 0.3 is 0 Å². The summed E-state index contributed by atoms with van der Waals surface area (Å²) in [5.41, 5.74) is 0.199. The van der Waals surface area contributed by atoms with Gasteiger partial charge in [0.15, 0.2) is 0 Å². The lowest BCUT2D eigenvalue weighted by Crippen LogP contribution is -2.20. The molecule has 1 N–H and O–H groups in total. The number of hydrogen-bond donors (Lipinski definition) is 1. The van der Waals surface area contributed by atoms with E-state index in [9.17, 15) is 9.18 Å². The number of carbonyl (C=O) groups is 1. The molecule has 19 heavy (non-hydrogen) atoms. The Morgan fingerprint density at radius 1 is 1.42 bits per heavy atom. The second kappa shape index (κ2) is 6.13. The van der Waals surface area contributed by atoms with Crippen LogP contribution >= 0.6 is 0 Å². The van der Waals surface area contributed by atoms with Crippen molar-refractivity contribution in [1.29, 1.82) is 0 Å². The highest BCUT2D eigenvalue weighted by atomic mass is 19.1. The van der Waals surface area contributed by atoms with E-state index in [4.69, 9.17) is 0 Å². The van der Waals surface area contributed by atoms with Gasteiger partial charge in [-0.1, -0.05) is 19.1 Å². The molecule has 0 aliphatic carbocycles. The standard InChI is InChI=1S/C14H16FN3O/c1-2-5-13-16-8-9-18(13)10-14(19)17-12-7-4-3-6-11(12)15/h3-4,6-9H,2,5,10H2,1H3,(H,17,19). The van der Waals surface area contributed by atoms with Crippen molar-refractivity contribution in [3.05, 3.63) is 48.3 Å². The molecule has 0 spiro atoms. The normalized spacial score (nSPS) is 10.4. The molecule has 100 valence electrons. The van der Waals surface area contributed by atoms with Crippen molar-refractivity contribution in [2.45, 2.75) is 26.3 Å². The van der Waals surface area contributed by atoms with Gasteiger partial charge in [0, 0.05) is 18.8 Å². The first-order valence-electron chi connectivity index (χ1n) is 6.25. The van der Waals surface area contributed by atoms with Crippen LogP contribution in [0.4, 0.5) is 10.1 Å². The van der Waals surface area contributed by atoms with Crippen LogP contribution in [0.2, 0.25) is 0 Å². The summed E-state index contributed by atoms with van der Waals surface area (Å²) in [6.07, 6.45) is 5.21. The first kappa shape index (κ1) is 13.3. The lowest BCUT2D eigenvalue weighted by molar-refractivity contribution is -0.116. The Hall–Kier alpha value is -2.17. The summed E-state index contributed by atoms with van der Waals surface area (Å²) < 4.78 is 15.2. The van der Waals surface area contributed by atoms with Gasteiger partial charge in [-0.25, -0.2) is 9.37 Å².